The molecule has 276 valence electrons. The molecule has 0 fully saturated rings. The summed E-state index contributed by atoms with van der Waals surface area (Å²) in [6, 6.07) is 70.1. The number of benzene rings is 7. The zero-order valence-electron chi connectivity index (χ0n) is 32.1. The van der Waals surface area contributed by atoms with Crippen molar-refractivity contribution in [3.63, 3.8) is 0 Å². The fourth-order valence-electron chi connectivity index (χ4n) is 8.32. The molecule has 4 heteroatoms. The lowest BCUT2D eigenvalue weighted by molar-refractivity contribution is 0.669. The molecule has 10 aromatic rings. The minimum atomic E-state index is 0.563. The van der Waals surface area contributed by atoms with Gasteiger partial charge in [-0.05, 0) is 98.6 Å². The Morgan fingerprint density at radius 3 is 1.68 bits per heavy atom. The Bertz CT molecular complexity index is 3220. The van der Waals surface area contributed by atoms with Crippen LogP contribution in [0.3, 0.4) is 0 Å². The van der Waals surface area contributed by atoms with E-state index in [-0.39, 0.29) is 0 Å². The molecule has 59 heavy (non-hydrogen) atoms. The average molecular weight is 754 g/mol. The minimum absolute atomic E-state index is 0.563. The van der Waals surface area contributed by atoms with Crippen LogP contribution in [0.5, 0.6) is 0 Å². The molecule has 2 heterocycles. The number of rotatable bonds is 7. The normalized spacial score (nSPS) is 12.2. The SMILES string of the molecule is c1c(-c2ccc3c(c2)=CCCC=3c2cccc3oc4ccc(-c5ccc(-c6ccccc6)cc5)cc4c23)ccc(-c2nc(-c3ccccc3)nc(-c3ccccc3)n2)c#1. The molecule has 4 nitrogen and oxygen atoms in total. The van der Waals surface area contributed by atoms with Crippen LogP contribution in [0.15, 0.2) is 186 Å². The highest BCUT2D eigenvalue weighted by Crippen LogP contribution is 2.38. The Labute approximate surface area is 342 Å². The Morgan fingerprint density at radius 2 is 1.00 bits per heavy atom. The Hall–Kier alpha value is -7.87. The van der Waals surface area contributed by atoms with Crippen LogP contribution in [0.25, 0.3) is 101 Å². The molecular weight excluding hydrogens is 719 g/mol. The number of hydrogen-bond donors (Lipinski definition) is 0. The highest BCUT2D eigenvalue weighted by molar-refractivity contribution is 6.11. The molecule has 0 aliphatic heterocycles. The van der Waals surface area contributed by atoms with Crippen LogP contribution >= 0.6 is 0 Å². The van der Waals surface area contributed by atoms with Crippen LogP contribution in [-0.4, -0.2) is 15.0 Å². The van der Waals surface area contributed by atoms with E-state index in [0.717, 1.165) is 57.2 Å². The third-order valence-corrected chi connectivity index (χ3v) is 11.3. The molecule has 1 aliphatic rings. The Balaban J connectivity index is 0.945. The maximum Gasteiger partial charge on any atom is 0.172 e. The van der Waals surface area contributed by atoms with Gasteiger partial charge in [0.1, 0.15) is 11.2 Å². The van der Waals surface area contributed by atoms with E-state index in [1.165, 1.54) is 49.2 Å². The summed E-state index contributed by atoms with van der Waals surface area (Å²) in [6.45, 7) is 0. The first-order valence-corrected chi connectivity index (χ1v) is 20.0. The van der Waals surface area contributed by atoms with E-state index in [4.69, 9.17) is 19.4 Å². The fourth-order valence-corrected chi connectivity index (χ4v) is 8.32. The number of nitrogens with zero attached hydrogens (tertiary/aromatic N) is 3. The number of hydrogen-bond acceptors (Lipinski definition) is 4. The van der Waals surface area contributed by atoms with E-state index in [0.29, 0.717) is 17.5 Å². The quantitative estimate of drug-likeness (QED) is 0.163. The van der Waals surface area contributed by atoms with Gasteiger partial charge in [0.2, 0.25) is 0 Å². The van der Waals surface area contributed by atoms with E-state index < -0.39 is 0 Å². The van der Waals surface area contributed by atoms with Crippen molar-refractivity contribution in [1.29, 1.82) is 0 Å². The van der Waals surface area contributed by atoms with Crippen LogP contribution in [0, 0.1) is 12.1 Å². The van der Waals surface area contributed by atoms with Crippen LogP contribution in [-0.2, 0) is 0 Å². The lowest BCUT2D eigenvalue weighted by atomic mass is 9.89. The van der Waals surface area contributed by atoms with Gasteiger partial charge in [-0.2, -0.15) is 0 Å². The first-order valence-electron chi connectivity index (χ1n) is 20.0. The summed E-state index contributed by atoms with van der Waals surface area (Å²) in [5, 5.41) is 4.78. The molecule has 0 saturated heterocycles. The number of aromatic nitrogens is 3. The lowest BCUT2D eigenvalue weighted by Gasteiger charge is -2.14. The van der Waals surface area contributed by atoms with Crippen LogP contribution in [0.4, 0.5) is 0 Å². The Kier molecular flexibility index (Phi) is 8.49. The monoisotopic (exact) mass is 753 g/mol. The van der Waals surface area contributed by atoms with E-state index in [1.54, 1.807) is 0 Å². The second kappa shape index (κ2) is 14.6. The number of fused-ring (bicyclic) bond motifs is 4. The van der Waals surface area contributed by atoms with Gasteiger partial charge in [0.15, 0.2) is 17.5 Å². The van der Waals surface area contributed by atoms with Gasteiger partial charge in [-0.25, -0.2) is 15.0 Å². The van der Waals surface area contributed by atoms with Crippen molar-refractivity contribution in [1.82, 2.24) is 15.0 Å². The van der Waals surface area contributed by atoms with Gasteiger partial charge in [0, 0.05) is 27.5 Å². The third kappa shape index (κ3) is 6.45. The van der Waals surface area contributed by atoms with Gasteiger partial charge in [0.05, 0.1) is 5.56 Å². The van der Waals surface area contributed by atoms with Crippen molar-refractivity contribution in [2.24, 2.45) is 0 Å². The largest absolute Gasteiger partial charge is 0.456 e. The van der Waals surface area contributed by atoms with Crippen molar-refractivity contribution in [3.05, 3.63) is 210 Å². The first-order chi connectivity index (χ1) is 29.2. The predicted octanol–water partition coefficient (Wildman–Crippen LogP) is 12.1. The van der Waals surface area contributed by atoms with Gasteiger partial charge < -0.3 is 4.42 Å². The fraction of sp³-hybridized carbons (Fsp3) is 0.0364. The van der Waals surface area contributed by atoms with Gasteiger partial charge in [-0.1, -0.05) is 164 Å². The van der Waals surface area contributed by atoms with Gasteiger partial charge >= 0.3 is 0 Å². The molecule has 2 aromatic heterocycles. The van der Waals surface area contributed by atoms with E-state index in [1.807, 2.05) is 66.7 Å². The molecule has 0 radical (unpaired) electrons. The van der Waals surface area contributed by atoms with E-state index in [9.17, 15) is 0 Å². The molecule has 0 bridgehead atoms. The maximum absolute atomic E-state index is 6.48. The summed E-state index contributed by atoms with van der Waals surface area (Å²) in [7, 11) is 0. The molecule has 0 spiro atoms. The van der Waals surface area contributed by atoms with Crippen LogP contribution in [0.2, 0.25) is 0 Å². The van der Waals surface area contributed by atoms with E-state index in [2.05, 4.69) is 133 Å². The van der Waals surface area contributed by atoms with Gasteiger partial charge in [-0.3, -0.25) is 0 Å². The van der Waals surface area contributed by atoms with Crippen LogP contribution in [0.1, 0.15) is 18.4 Å². The molecule has 8 aromatic carbocycles. The summed E-state index contributed by atoms with van der Waals surface area (Å²) in [5.41, 5.74) is 13.8. The summed E-state index contributed by atoms with van der Waals surface area (Å²) in [6.07, 6.45) is 4.26. The maximum atomic E-state index is 6.48. The smallest absolute Gasteiger partial charge is 0.172 e. The summed E-state index contributed by atoms with van der Waals surface area (Å²) in [5.74, 6) is 1.81. The minimum Gasteiger partial charge on any atom is -0.456 e. The topological polar surface area (TPSA) is 51.8 Å². The standard InChI is InChI=1S/C55H35N3O/c1-4-12-36(13-5-1)37-22-24-39(25-23-37)44-31-33-50-49(35-44)52-48(20-11-21-51(52)59-50)47-19-10-18-45-34-43(30-32-46(45)47)38-26-28-42(29-27-38)55-57-53(40-14-6-2-7-15-40)56-54(58-55)41-16-8-3-9-17-41/h1-9,11-18,20-26,28,30-35H,10,19H2. The lowest BCUT2D eigenvalue weighted by Crippen LogP contribution is -2.29. The molecule has 0 saturated carbocycles. The summed E-state index contributed by atoms with van der Waals surface area (Å²) in [4.78, 5) is 14.6. The van der Waals surface area contributed by atoms with Crippen molar-refractivity contribution in [2.45, 2.75) is 12.8 Å². The Morgan fingerprint density at radius 1 is 0.424 bits per heavy atom. The summed E-state index contributed by atoms with van der Waals surface area (Å²) >= 11 is 0. The third-order valence-electron chi connectivity index (χ3n) is 11.3. The van der Waals surface area contributed by atoms with Crippen molar-refractivity contribution < 1.29 is 4.42 Å². The molecular formula is C55H35N3O. The predicted molar refractivity (Wildman–Crippen MR) is 239 cm³/mol. The molecule has 11 rings (SSSR count). The molecule has 0 N–H and O–H groups in total. The van der Waals surface area contributed by atoms with Gasteiger partial charge in [-0.15, -0.1) is 0 Å². The number of furan rings is 1. The highest BCUT2D eigenvalue weighted by atomic mass is 16.3. The second-order valence-corrected chi connectivity index (χ2v) is 14.9. The second-order valence-electron chi connectivity index (χ2n) is 14.9. The van der Waals surface area contributed by atoms with E-state index >= 15 is 0 Å². The summed E-state index contributed by atoms with van der Waals surface area (Å²) < 4.78 is 6.48. The zero-order valence-corrected chi connectivity index (χ0v) is 32.1. The molecule has 0 amide bonds. The molecule has 1 aliphatic carbocycles. The van der Waals surface area contributed by atoms with Crippen molar-refractivity contribution in [3.8, 4) is 67.5 Å². The first kappa shape index (κ1) is 34.4. The van der Waals surface area contributed by atoms with Crippen LogP contribution < -0.4 is 10.4 Å². The molecule has 0 unspecified atom stereocenters. The van der Waals surface area contributed by atoms with Crippen molar-refractivity contribution >= 4 is 33.6 Å². The van der Waals surface area contributed by atoms with Gasteiger partial charge in [0.25, 0.3) is 0 Å². The molecule has 0 atom stereocenters. The zero-order chi connectivity index (χ0) is 39.1. The highest BCUT2D eigenvalue weighted by Gasteiger charge is 2.18. The van der Waals surface area contributed by atoms with Crippen molar-refractivity contribution in [2.75, 3.05) is 0 Å². The average Bonchev–Trinajstić information content (AvgIpc) is 3.70.